The van der Waals surface area contributed by atoms with Gasteiger partial charge in [0, 0.05) is 59.1 Å². The van der Waals surface area contributed by atoms with E-state index in [-0.39, 0.29) is 93.1 Å². The number of anilines is 2. The number of aliphatic hydroxyl groups is 2. The minimum absolute atomic E-state index is 0. The van der Waals surface area contributed by atoms with Gasteiger partial charge in [0.1, 0.15) is 60.3 Å². The Hall–Kier alpha value is -0.430. The van der Waals surface area contributed by atoms with E-state index in [2.05, 4.69) is 42.2 Å². The topological polar surface area (TPSA) is 272 Å². The molecule has 3 unspecified atom stereocenters. The maximum Gasteiger partial charge on any atom is 0.386 e. The van der Waals surface area contributed by atoms with Crippen molar-refractivity contribution in [3.05, 3.63) is 25.3 Å². The van der Waals surface area contributed by atoms with Crippen LogP contribution in [0.15, 0.2) is 25.3 Å². The minimum atomic E-state index is -4.30. The number of aromatic nitrogens is 8. The molecule has 46 heavy (non-hydrogen) atoms. The summed E-state index contributed by atoms with van der Waals surface area (Å²) in [6, 6.07) is 0. The summed E-state index contributed by atoms with van der Waals surface area (Å²) in [7, 11) is 0. The van der Waals surface area contributed by atoms with Crippen molar-refractivity contribution < 1.29 is 47.2 Å². The third kappa shape index (κ3) is 6.82. The average Bonchev–Trinajstić information content (AvgIpc) is 3.73. The number of nitrogen functional groups attached to an aromatic ring is 2. The second-order valence-electron chi connectivity index (χ2n) is 9.95. The fraction of sp³-hybridized carbons (Fsp3) is 0.500. The van der Waals surface area contributed by atoms with Gasteiger partial charge in [0.2, 0.25) is 0 Å². The number of thiol groups is 1. The summed E-state index contributed by atoms with van der Waals surface area (Å²) >= 11 is 9.34. The zero-order valence-electron chi connectivity index (χ0n) is 24.0. The van der Waals surface area contributed by atoms with E-state index < -0.39 is 75.8 Å². The number of hydrogen-bond acceptors (Lipinski definition) is 18. The predicted octanol–water partition coefficient (Wildman–Crippen LogP) is -1.34. The maximum absolute atomic E-state index is 13.5. The number of hydrogen-bond donors (Lipinski definition) is 6. The number of rotatable bonds is 2. The molecule has 238 valence electrons. The zero-order valence-corrected chi connectivity index (χ0v) is 31.5. The van der Waals surface area contributed by atoms with Crippen molar-refractivity contribution in [1.82, 2.24) is 39.0 Å². The molecule has 7 rings (SSSR count). The quantitative estimate of drug-likeness (QED) is 0.0789. The van der Waals surface area contributed by atoms with Gasteiger partial charge < -0.3 is 40.6 Å². The predicted molar refractivity (Wildman–Crippen MR) is 166 cm³/mol. The summed E-state index contributed by atoms with van der Waals surface area (Å²) in [6.45, 7) is -9.47. The van der Waals surface area contributed by atoms with Crippen molar-refractivity contribution in [3.8, 4) is 0 Å². The molecule has 2 radical (unpaired) electrons. The van der Waals surface area contributed by atoms with E-state index in [0.717, 1.165) is 0 Å². The van der Waals surface area contributed by atoms with Crippen molar-refractivity contribution in [2.24, 2.45) is 0 Å². The van der Waals surface area contributed by atoms with E-state index >= 15 is 0 Å². The first kappa shape index (κ1) is 36.8. The molecule has 0 aliphatic carbocycles. The van der Waals surface area contributed by atoms with Crippen LogP contribution in [0.5, 0.6) is 0 Å². The molecular formula is C20H24N10Na2O10P2S2. The minimum Gasteiger partial charge on any atom is -0.387 e. The number of nitrogens with two attached hydrogens (primary N) is 2. The fourth-order valence-corrected chi connectivity index (χ4v) is 8.13. The van der Waals surface area contributed by atoms with Crippen molar-refractivity contribution in [2.75, 3.05) is 24.7 Å². The van der Waals surface area contributed by atoms with Gasteiger partial charge in [0.05, 0.1) is 25.9 Å². The van der Waals surface area contributed by atoms with Crippen LogP contribution in [0.2, 0.25) is 0 Å². The number of fused-ring (bicyclic) bond motifs is 5. The molecule has 3 saturated heterocycles. The van der Waals surface area contributed by atoms with Crippen molar-refractivity contribution in [3.63, 3.8) is 0 Å². The van der Waals surface area contributed by atoms with Gasteiger partial charge in [-0.25, -0.2) is 34.5 Å². The Morgan fingerprint density at radius 3 is 1.96 bits per heavy atom. The summed E-state index contributed by atoms with van der Waals surface area (Å²) in [5.41, 5.74) is 12.8. The summed E-state index contributed by atoms with van der Waals surface area (Å²) < 4.78 is 50.8. The number of imidazole rings is 2. The van der Waals surface area contributed by atoms with E-state index in [4.69, 9.17) is 50.8 Å². The average molecular weight is 737 g/mol. The van der Waals surface area contributed by atoms with E-state index in [1.54, 1.807) is 0 Å². The number of ether oxygens (including phenoxy) is 2. The Balaban J connectivity index is 0.00000208. The van der Waals surface area contributed by atoms with Crippen LogP contribution in [-0.4, -0.2) is 163 Å². The van der Waals surface area contributed by atoms with E-state index in [9.17, 15) is 19.7 Å². The molecule has 0 saturated carbocycles. The monoisotopic (exact) mass is 736 g/mol. The molecule has 7 heterocycles. The molecule has 26 heteroatoms. The van der Waals surface area contributed by atoms with Crippen LogP contribution in [0, 0.1) is 0 Å². The summed E-state index contributed by atoms with van der Waals surface area (Å²) in [5.74, 6) is 0.201. The summed E-state index contributed by atoms with van der Waals surface area (Å²) in [6.07, 6.45) is -5.40. The van der Waals surface area contributed by atoms with Crippen LogP contribution in [0.3, 0.4) is 0 Å². The van der Waals surface area contributed by atoms with Gasteiger partial charge in [-0.3, -0.25) is 22.7 Å². The summed E-state index contributed by atoms with van der Waals surface area (Å²) in [5, 5.41) is 22.4. The second-order valence-corrected chi connectivity index (χ2v) is 15.6. The first-order valence-electron chi connectivity index (χ1n) is 12.8. The Morgan fingerprint density at radius 1 is 0.804 bits per heavy atom. The van der Waals surface area contributed by atoms with Crippen LogP contribution in [0.4, 0.5) is 11.6 Å². The molecule has 3 fully saturated rings. The molecular weight excluding hydrogens is 712 g/mol. The Kier molecular flexibility index (Phi) is 11.3. The molecule has 7 N–H and O–H groups in total. The molecule has 3 aliphatic heterocycles. The Labute approximate surface area is 313 Å². The van der Waals surface area contributed by atoms with E-state index in [1.165, 1.54) is 34.4 Å². The van der Waals surface area contributed by atoms with Crippen molar-refractivity contribution in [1.29, 1.82) is 0 Å². The molecule has 3 aliphatic rings. The SMILES string of the molecule is Nc1ncnc2c1ncn2[C@@H]1O[C@@H]2COP(=O)(S)O[C@@H]3[C@H](O)C(COP(O)(=S)O[C@H]2[C@H]1O)O[C@H]3n1cnc2c(N)ncnc21.[Na].[Na]. The molecule has 20 nitrogen and oxygen atoms in total. The van der Waals surface area contributed by atoms with Gasteiger partial charge in [0.15, 0.2) is 35.4 Å². The molecule has 0 aromatic carbocycles. The van der Waals surface area contributed by atoms with Crippen molar-refractivity contribution >= 4 is 131 Å². The molecule has 0 amide bonds. The van der Waals surface area contributed by atoms with Gasteiger partial charge in [-0.15, -0.1) is 0 Å². The second kappa shape index (κ2) is 14.1. The Bertz CT molecular complexity index is 1840. The first-order valence-corrected chi connectivity index (χ1v) is 18.1. The molecule has 4 aromatic rings. The van der Waals surface area contributed by atoms with Gasteiger partial charge in [0.25, 0.3) is 0 Å². The first-order chi connectivity index (χ1) is 20.9. The summed E-state index contributed by atoms with van der Waals surface area (Å²) in [4.78, 5) is 35.5. The van der Waals surface area contributed by atoms with Gasteiger partial charge in [-0.1, -0.05) is 12.2 Å². The molecule has 2 bridgehead atoms. The van der Waals surface area contributed by atoms with E-state index in [0.29, 0.717) is 0 Å². The zero-order chi connectivity index (χ0) is 31.0. The number of nitrogens with zero attached hydrogens (tertiary/aromatic N) is 8. The normalized spacial score (nSPS) is 36.6. The van der Waals surface area contributed by atoms with Crippen LogP contribution in [0.25, 0.3) is 22.3 Å². The molecule has 4 aromatic heterocycles. The number of aliphatic hydroxyl groups excluding tert-OH is 2. The van der Waals surface area contributed by atoms with Crippen LogP contribution < -0.4 is 11.5 Å². The van der Waals surface area contributed by atoms with E-state index in [1.807, 2.05) is 0 Å². The standard InChI is InChI=1S/C20H24N10O10P2S2.2Na/c21-15-9-17(25-3-23-15)29(5-27-9)19-12(32)13-8(38-19)2-36-42(34,44)40-14-11(31)7(1-35-41(33,43)39-13)37-20(14)30-6-28-10-16(22)24-4-26-18(10)30;;/h3-8,11-14,19-20,31-32H,1-2H2,(H,33,43)(H,34,44)(H2,21,23,25)(H2,22,24,26);;/t7?,8-,11-,12-,13-,14-,19-,20-,41?,42?;;/m1../s1. The van der Waals surface area contributed by atoms with Crippen LogP contribution in [-0.2, 0) is 43.9 Å². The largest absolute Gasteiger partial charge is 0.387 e. The third-order valence-corrected chi connectivity index (χ3v) is 10.4. The van der Waals surface area contributed by atoms with Gasteiger partial charge in [-0.2, -0.15) is 0 Å². The molecule has 0 spiro atoms. The maximum atomic E-state index is 13.5. The van der Waals surface area contributed by atoms with Crippen molar-refractivity contribution in [2.45, 2.75) is 49.1 Å². The van der Waals surface area contributed by atoms with Crippen LogP contribution in [0.1, 0.15) is 12.5 Å². The Morgan fingerprint density at radius 2 is 1.35 bits per heavy atom. The van der Waals surface area contributed by atoms with Crippen LogP contribution >= 0.6 is 25.8 Å². The molecule has 10 atom stereocenters. The third-order valence-electron chi connectivity index (χ3n) is 7.26. The van der Waals surface area contributed by atoms with Gasteiger partial charge in [-0.05, 0) is 11.8 Å². The van der Waals surface area contributed by atoms with Gasteiger partial charge >= 0.3 is 13.5 Å². The smallest absolute Gasteiger partial charge is 0.386 e. The fourth-order valence-electron chi connectivity index (χ4n) is 5.22.